The van der Waals surface area contributed by atoms with Crippen molar-refractivity contribution in [2.45, 2.75) is 26.7 Å². The molecule has 0 saturated heterocycles. The molecule has 0 saturated carbocycles. The van der Waals surface area contributed by atoms with Crippen LogP contribution in [-0.4, -0.2) is 36.9 Å². The standard InChI is InChI=1S/C14H20N2O3/c1-4-8-16(10-14(18)19-3)11-6-7-12(15-9-11)13(17)5-2/h6-7,9H,4-5,8,10H2,1-3H3. The van der Waals surface area contributed by atoms with E-state index >= 15 is 0 Å². The summed E-state index contributed by atoms with van der Waals surface area (Å²) < 4.78 is 4.67. The lowest BCUT2D eigenvalue weighted by Gasteiger charge is -2.22. The van der Waals surface area contributed by atoms with Crippen LogP contribution in [0.15, 0.2) is 18.3 Å². The molecule has 0 unspecified atom stereocenters. The first-order valence-corrected chi connectivity index (χ1v) is 6.43. The van der Waals surface area contributed by atoms with Crippen molar-refractivity contribution >= 4 is 17.4 Å². The molecule has 5 nitrogen and oxygen atoms in total. The van der Waals surface area contributed by atoms with E-state index in [0.717, 1.165) is 18.7 Å². The van der Waals surface area contributed by atoms with Crippen molar-refractivity contribution in [3.05, 3.63) is 24.0 Å². The molecule has 0 aliphatic carbocycles. The van der Waals surface area contributed by atoms with Gasteiger partial charge in [0.25, 0.3) is 0 Å². The van der Waals surface area contributed by atoms with Gasteiger partial charge in [-0.1, -0.05) is 13.8 Å². The molecular weight excluding hydrogens is 244 g/mol. The van der Waals surface area contributed by atoms with Gasteiger partial charge in [-0.3, -0.25) is 14.6 Å². The predicted molar refractivity (Wildman–Crippen MR) is 73.4 cm³/mol. The van der Waals surface area contributed by atoms with Crippen LogP contribution in [0, 0.1) is 0 Å². The number of carbonyl (C=O) groups is 2. The topological polar surface area (TPSA) is 59.5 Å². The smallest absolute Gasteiger partial charge is 0.325 e. The average molecular weight is 264 g/mol. The number of rotatable bonds is 7. The third-order valence-electron chi connectivity index (χ3n) is 2.76. The zero-order valence-corrected chi connectivity index (χ0v) is 11.7. The van der Waals surface area contributed by atoms with Gasteiger partial charge in [0.1, 0.15) is 12.2 Å². The molecule has 0 fully saturated rings. The van der Waals surface area contributed by atoms with E-state index in [-0.39, 0.29) is 18.3 Å². The first-order chi connectivity index (χ1) is 9.12. The number of anilines is 1. The van der Waals surface area contributed by atoms with Gasteiger partial charge in [0.15, 0.2) is 5.78 Å². The maximum absolute atomic E-state index is 11.5. The number of Topliss-reactive ketones (excluding diaryl/α,β-unsaturated/α-hetero) is 1. The second-order valence-corrected chi connectivity index (χ2v) is 4.18. The monoisotopic (exact) mass is 264 g/mol. The zero-order valence-electron chi connectivity index (χ0n) is 11.7. The third-order valence-corrected chi connectivity index (χ3v) is 2.76. The van der Waals surface area contributed by atoms with E-state index < -0.39 is 0 Å². The fourth-order valence-electron chi connectivity index (χ4n) is 1.71. The average Bonchev–Trinajstić information content (AvgIpc) is 2.46. The Labute approximate surface area is 113 Å². The van der Waals surface area contributed by atoms with Gasteiger partial charge in [-0.05, 0) is 18.6 Å². The lowest BCUT2D eigenvalue weighted by Crippen LogP contribution is -2.31. The van der Waals surface area contributed by atoms with Crippen molar-refractivity contribution < 1.29 is 14.3 Å². The van der Waals surface area contributed by atoms with Crippen LogP contribution >= 0.6 is 0 Å². The van der Waals surface area contributed by atoms with E-state index in [0.29, 0.717) is 12.1 Å². The van der Waals surface area contributed by atoms with Crippen molar-refractivity contribution in [2.24, 2.45) is 0 Å². The summed E-state index contributed by atoms with van der Waals surface area (Å²) in [5.41, 5.74) is 1.28. The Hall–Kier alpha value is -1.91. The zero-order chi connectivity index (χ0) is 14.3. The van der Waals surface area contributed by atoms with Crippen molar-refractivity contribution in [3.63, 3.8) is 0 Å². The van der Waals surface area contributed by atoms with Crippen LogP contribution in [0.25, 0.3) is 0 Å². The summed E-state index contributed by atoms with van der Waals surface area (Å²) in [6.07, 6.45) is 2.97. The Balaban J connectivity index is 2.84. The van der Waals surface area contributed by atoms with Crippen molar-refractivity contribution in [3.8, 4) is 0 Å². The predicted octanol–water partition coefficient (Wildman–Crippen LogP) is 2.06. The molecule has 5 heteroatoms. The second-order valence-electron chi connectivity index (χ2n) is 4.18. The maximum Gasteiger partial charge on any atom is 0.325 e. The minimum absolute atomic E-state index is 0.0153. The SMILES string of the molecule is CCCN(CC(=O)OC)c1ccc(C(=O)CC)nc1. The lowest BCUT2D eigenvalue weighted by atomic mass is 10.2. The van der Waals surface area contributed by atoms with Crippen molar-refractivity contribution in [1.82, 2.24) is 4.98 Å². The summed E-state index contributed by atoms with van der Waals surface area (Å²) in [6, 6.07) is 3.51. The molecule has 0 aromatic carbocycles. The molecule has 0 spiro atoms. The molecular formula is C14H20N2O3. The Bertz CT molecular complexity index is 429. The molecule has 0 bridgehead atoms. The number of methoxy groups -OCH3 is 1. The first kappa shape index (κ1) is 15.1. The number of carbonyl (C=O) groups excluding carboxylic acids is 2. The van der Waals surface area contributed by atoms with E-state index in [1.54, 1.807) is 19.2 Å². The molecule has 0 atom stereocenters. The summed E-state index contributed by atoms with van der Waals surface area (Å²) in [5, 5.41) is 0. The summed E-state index contributed by atoms with van der Waals surface area (Å²) in [6.45, 7) is 4.76. The van der Waals surface area contributed by atoms with Crippen molar-refractivity contribution in [2.75, 3.05) is 25.1 Å². The quantitative estimate of drug-likeness (QED) is 0.557. The molecule has 0 radical (unpaired) electrons. The van der Waals surface area contributed by atoms with Crippen molar-refractivity contribution in [1.29, 1.82) is 0 Å². The van der Waals surface area contributed by atoms with E-state index in [2.05, 4.69) is 9.72 Å². The third kappa shape index (κ3) is 4.35. The summed E-state index contributed by atoms with van der Waals surface area (Å²) >= 11 is 0. The van der Waals surface area contributed by atoms with E-state index in [4.69, 9.17) is 0 Å². The van der Waals surface area contributed by atoms with Gasteiger partial charge in [0.2, 0.25) is 0 Å². The van der Waals surface area contributed by atoms with Gasteiger partial charge in [0, 0.05) is 13.0 Å². The van der Waals surface area contributed by atoms with Crippen LogP contribution in [0.3, 0.4) is 0 Å². The molecule has 0 N–H and O–H groups in total. The van der Waals surface area contributed by atoms with E-state index in [1.165, 1.54) is 7.11 Å². The molecule has 0 aliphatic heterocycles. The Morgan fingerprint density at radius 3 is 2.53 bits per heavy atom. The van der Waals surface area contributed by atoms with Crippen LogP contribution < -0.4 is 4.90 Å². The molecule has 0 aliphatic rings. The number of hydrogen-bond acceptors (Lipinski definition) is 5. The fourth-order valence-corrected chi connectivity index (χ4v) is 1.71. The fraction of sp³-hybridized carbons (Fsp3) is 0.500. The number of ketones is 1. The summed E-state index contributed by atoms with van der Waals surface area (Å²) in [7, 11) is 1.37. The van der Waals surface area contributed by atoms with Gasteiger partial charge in [-0.25, -0.2) is 0 Å². The molecule has 1 heterocycles. The van der Waals surface area contributed by atoms with Gasteiger partial charge < -0.3 is 9.64 Å². The molecule has 1 rings (SSSR count). The minimum atomic E-state index is -0.290. The molecule has 104 valence electrons. The normalized spacial score (nSPS) is 10.1. The highest BCUT2D eigenvalue weighted by atomic mass is 16.5. The van der Waals surface area contributed by atoms with E-state index in [1.807, 2.05) is 17.9 Å². The number of ether oxygens (including phenoxy) is 1. The Kier molecular flexibility index (Phi) is 5.99. The largest absolute Gasteiger partial charge is 0.468 e. The highest BCUT2D eigenvalue weighted by Gasteiger charge is 2.12. The number of nitrogens with zero attached hydrogens (tertiary/aromatic N) is 2. The second kappa shape index (κ2) is 7.51. The Morgan fingerprint density at radius 2 is 2.05 bits per heavy atom. The molecule has 0 amide bonds. The van der Waals surface area contributed by atoms with Crippen LogP contribution in [-0.2, 0) is 9.53 Å². The van der Waals surface area contributed by atoms with Gasteiger partial charge >= 0.3 is 5.97 Å². The van der Waals surface area contributed by atoms with Gasteiger partial charge in [-0.15, -0.1) is 0 Å². The minimum Gasteiger partial charge on any atom is -0.468 e. The highest BCUT2D eigenvalue weighted by Crippen LogP contribution is 2.14. The molecule has 1 aromatic heterocycles. The highest BCUT2D eigenvalue weighted by molar-refractivity contribution is 5.94. The molecule has 1 aromatic rings. The molecule has 19 heavy (non-hydrogen) atoms. The maximum atomic E-state index is 11.5. The van der Waals surface area contributed by atoms with E-state index in [9.17, 15) is 9.59 Å². The summed E-state index contributed by atoms with van der Waals surface area (Å²) in [4.78, 5) is 28.9. The van der Waals surface area contributed by atoms with Gasteiger partial charge in [0.05, 0.1) is 19.0 Å². The first-order valence-electron chi connectivity index (χ1n) is 6.43. The van der Waals surface area contributed by atoms with Crippen LogP contribution in [0.4, 0.5) is 5.69 Å². The number of hydrogen-bond donors (Lipinski definition) is 0. The number of aromatic nitrogens is 1. The van der Waals surface area contributed by atoms with Crippen LogP contribution in [0.1, 0.15) is 37.2 Å². The number of pyridine rings is 1. The van der Waals surface area contributed by atoms with Crippen LogP contribution in [0.5, 0.6) is 0 Å². The number of esters is 1. The Morgan fingerprint density at radius 1 is 1.32 bits per heavy atom. The summed E-state index contributed by atoms with van der Waals surface area (Å²) in [5.74, 6) is -0.274. The van der Waals surface area contributed by atoms with Crippen LogP contribution in [0.2, 0.25) is 0 Å². The lowest BCUT2D eigenvalue weighted by molar-refractivity contribution is -0.138. The van der Waals surface area contributed by atoms with Gasteiger partial charge in [-0.2, -0.15) is 0 Å².